The van der Waals surface area contributed by atoms with E-state index in [0.717, 1.165) is 5.56 Å². The predicted octanol–water partition coefficient (Wildman–Crippen LogP) is 0.309. The normalized spacial score (nSPS) is 22.1. The molecule has 21 heavy (non-hydrogen) atoms. The summed E-state index contributed by atoms with van der Waals surface area (Å²) in [5.41, 5.74) is 6.98. The minimum atomic E-state index is -3.72. The number of benzene rings is 1. The third kappa shape index (κ3) is 4.03. The molecule has 2 rings (SSSR count). The highest BCUT2D eigenvalue weighted by molar-refractivity contribution is 7.91. The van der Waals surface area contributed by atoms with Crippen LogP contribution in [0.5, 0.6) is 0 Å². The molecular weight excluding hydrogens is 312 g/mol. The Morgan fingerprint density at radius 1 is 1.38 bits per heavy atom. The summed E-state index contributed by atoms with van der Waals surface area (Å²) >= 11 is 0. The van der Waals surface area contributed by atoms with Crippen molar-refractivity contribution in [3.63, 3.8) is 0 Å². The van der Waals surface area contributed by atoms with E-state index in [9.17, 15) is 16.8 Å². The number of nitrogens with two attached hydrogens (primary N) is 1. The first-order chi connectivity index (χ1) is 9.73. The number of rotatable bonds is 4. The van der Waals surface area contributed by atoms with E-state index < -0.39 is 25.9 Å². The van der Waals surface area contributed by atoms with Gasteiger partial charge in [0.25, 0.3) is 0 Å². The van der Waals surface area contributed by atoms with E-state index in [0.29, 0.717) is 24.9 Å². The van der Waals surface area contributed by atoms with Gasteiger partial charge in [0.15, 0.2) is 9.84 Å². The van der Waals surface area contributed by atoms with Crippen molar-refractivity contribution in [1.82, 2.24) is 4.72 Å². The summed E-state index contributed by atoms with van der Waals surface area (Å²) in [5.74, 6) is 0.00160. The van der Waals surface area contributed by atoms with Gasteiger partial charge in [-0.25, -0.2) is 21.6 Å². The zero-order valence-corrected chi connectivity index (χ0v) is 13.5. The minimum absolute atomic E-state index is 0.133. The maximum Gasteiger partial charge on any atom is 0.241 e. The first kappa shape index (κ1) is 16.4. The molecule has 0 aliphatic carbocycles. The maximum atomic E-state index is 12.4. The van der Waals surface area contributed by atoms with E-state index in [1.807, 2.05) is 0 Å². The van der Waals surface area contributed by atoms with Gasteiger partial charge >= 0.3 is 0 Å². The number of sulfone groups is 1. The van der Waals surface area contributed by atoms with Crippen LogP contribution in [0.2, 0.25) is 0 Å². The lowest BCUT2D eigenvalue weighted by Gasteiger charge is -2.23. The average molecular weight is 332 g/mol. The number of hydrogen-bond donors (Lipinski definition) is 2. The zero-order chi connectivity index (χ0) is 15.7. The molecule has 6 nitrogen and oxygen atoms in total. The molecule has 1 aliphatic heterocycles. The van der Waals surface area contributed by atoms with Crippen LogP contribution in [0, 0.1) is 6.92 Å². The number of aryl methyl sites for hydroxylation is 1. The Balaban J connectivity index is 2.22. The van der Waals surface area contributed by atoms with Crippen molar-refractivity contribution >= 4 is 19.9 Å². The first-order valence-corrected chi connectivity index (χ1v) is 10.1. The molecule has 1 atom stereocenters. The van der Waals surface area contributed by atoms with E-state index >= 15 is 0 Å². The summed E-state index contributed by atoms with van der Waals surface area (Å²) in [6, 6.07) is 4.35. The van der Waals surface area contributed by atoms with E-state index in [4.69, 9.17) is 5.73 Å². The molecule has 1 unspecified atom stereocenters. The largest absolute Gasteiger partial charge is 0.326 e. The van der Waals surface area contributed by atoms with Gasteiger partial charge in [-0.3, -0.25) is 0 Å². The van der Waals surface area contributed by atoms with Gasteiger partial charge in [0, 0.05) is 12.6 Å². The quantitative estimate of drug-likeness (QED) is 0.825. The summed E-state index contributed by atoms with van der Waals surface area (Å²) in [4.78, 5) is 0.169. The molecule has 1 aliphatic rings. The Kier molecular flexibility index (Phi) is 4.72. The van der Waals surface area contributed by atoms with Crippen LogP contribution in [0.15, 0.2) is 23.1 Å². The SMILES string of the molecule is Cc1cc(CN)ccc1S(=O)(=O)NC1CCCS(=O)(=O)C1. The molecule has 1 aromatic carbocycles. The van der Waals surface area contributed by atoms with Gasteiger partial charge in [-0.2, -0.15) is 0 Å². The highest BCUT2D eigenvalue weighted by Crippen LogP contribution is 2.19. The van der Waals surface area contributed by atoms with Crippen LogP contribution in [0.25, 0.3) is 0 Å². The molecule has 0 bridgehead atoms. The fourth-order valence-electron chi connectivity index (χ4n) is 2.54. The number of sulfonamides is 1. The van der Waals surface area contributed by atoms with Crippen LogP contribution >= 0.6 is 0 Å². The molecule has 1 aromatic rings. The first-order valence-electron chi connectivity index (χ1n) is 6.76. The Bertz CT molecular complexity index is 727. The van der Waals surface area contributed by atoms with Crippen LogP contribution in [-0.4, -0.2) is 34.4 Å². The number of nitrogens with one attached hydrogen (secondary N) is 1. The molecule has 0 amide bonds. The van der Waals surface area contributed by atoms with Crippen LogP contribution < -0.4 is 10.5 Å². The summed E-state index contributed by atoms with van der Waals surface area (Å²) in [6.45, 7) is 2.04. The maximum absolute atomic E-state index is 12.4. The van der Waals surface area contributed by atoms with Crippen molar-refractivity contribution in [2.24, 2.45) is 5.73 Å². The molecule has 1 fully saturated rings. The fraction of sp³-hybridized carbons (Fsp3) is 0.538. The lowest BCUT2D eigenvalue weighted by molar-refractivity contribution is 0.517. The van der Waals surface area contributed by atoms with Gasteiger partial charge in [-0.05, 0) is 37.0 Å². The standard InChI is InChI=1S/C13H20N2O4S2/c1-10-7-11(8-14)4-5-13(10)21(18,19)15-12-3-2-6-20(16,17)9-12/h4-5,7,12,15H,2-3,6,8-9,14H2,1H3. The van der Waals surface area contributed by atoms with E-state index in [2.05, 4.69) is 4.72 Å². The number of hydrogen-bond acceptors (Lipinski definition) is 5. The smallest absolute Gasteiger partial charge is 0.241 e. The fourth-order valence-corrected chi connectivity index (χ4v) is 5.78. The minimum Gasteiger partial charge on any atom is -0.326 e. The van der Waals surface area contributed by atoms with Crippen LogP contribution in [0.3, 0.4) is 0 Å². The van der Waals surface area contributed by atoms with Crippen molar-refractivity contribution in [2.45, 2.75) is 37.2 Å². The van der Waals surface area contributed by atoms with Crippen molar-refractivity contribution in [3.05, 3.63) is 29.3 Å². The average Bonchev–Trinajstić information content (AvgIpc) is 2.36. The van der Waals surface area contributed by atoms with E-state index in [1.54, 1.807) is 19.1 Å². The molecule has 0 aromatic heterocycles. The van der Waals surface area contributed by atoms with Crippen LogP contribution in [-0.2, 0) is 26.4 Å². The predicted molar refractivity (Wildman–Crippen MR) is 81.1 cm³/mol. The van der Waals surface area contributed by atoms with Crippen molar-refractivity contribution in [1.29, 1.82) is 0 Å². The summed E-state index contributed by atoms with van der Waals surface area (Å²) in [7, 11) is -6.87. The van der Waals surface area contributed by atoms with Crippen molar-refractivity contribution in [3.8, 4) is 0 Å². The van der Waals surface area contributed by atoms with Crippen molar-refractivity contribution < 1.29 is 16.8 Å². The highest BCUT2D eigenvalue weighted by atomic mass is 32.2. The molecule has 1 heterocycles. The van der Waals surface area contributed by atoms with Crippen LogP contribution in [0.4, 0.5) is 0 Å². The van der Waals surface area contributed by atoms with Gasteiger partial charge in [0.1, 0.15) is 0 Å². The van der Waals surface area contributed by atoms with Gasteiger partial charge in [-0.1, -0.05) is 12.1 Å². The second kappa shape index (κ2) is 6.04. The lowest BCUT2D eigenvalue weighted by atomic mass is 10.1. The molecule has 1 saturated heterocycles. The summed E-state index contributed by atoms with van der Waals surface area (Å²) in [5, 5.41) is 0. The molecule has 0 radical (unpaired) electrons. The third-order valence-electron chi connectivity index (χ3n) is 3.55. The molecule has 118 valence electrons. The Morgan fingerprint density at radius 2 is 2.10 bits per heavy atom. The van der Waals surface area contributed by atoms with Gasteiger partial charge in [0.2, 0.25) is 10.0 Å². The van der Waals surface area contributed by atoms with Crippen LogP contribution in [0.1, 0.15) is 24.0 Å². The zero-order valence-electron chi connectivity index (χ0n) is 11.9. The summed E-state index contributed by atoms with van der Waals surface area (Å²) in [6.07, 6.45) is 1.03. The Labute approximate surface area is 125 Å². The van der Waals surface area contributed by atoms with Gasteiger partial charge in [0.05, 0.1) is 16.4 Å². The van der Waals surface area contributed by atoms with E-state index in [-0.39, 0.29) is 16.4 Å². The molecule has 8 heteroatoms. The highest BCUT2D eigenvalue weighted by Gasteiger charge is 2.29. The van der Waals surface area contributed by atoms with Crippen molar-refractivity contribution in [2.75, 3.05) is 11.5 Å². The van der Waals surface area contributed by atoms with E-state index in [1.165, 1.54) is 6.07 Å². The molecular formula is C13H20N2O4S2. The third-order valence-corrected chi connectivity index (χ3v) is 7.05. The topological polar surface area (TPSA) is 106 Å². The monoisotopic (exact) mass is 332 g/mol. The Hall–Kier alpha value is -0.960. The van der Waals surface area contributed by atoms with Gasteiger partial charge in [-0.15, -0.1) is 0 Å². The molecule has 0 saturated carbocycles. The van der Waals surface area contributed by atoms with Gasteiger partial charge < -0.3 is 5.73 Å². The molecule has 0 spiro atoms. The molecule has 3 N–H and O–H groups in total. The summed E-state index contributed by atoms with van der Waals surface area (Å²) < 4.78 is 50.5. The Morgan fingerprint density at radius 3 is 2.67 bits per heavy atom. The second-order valence-electron chi connectivity index (χ2n) is 5.38. The lowest BCUT2D eigenvalue weighted by Crippen LogP contribution is -2.43. The second-order valence-corrected chi connectivity index (χ2v) is 9.29.